The normalized spacial score (nSPS) is 18.0. The zero-order valence-corrected chi connectivity index (χ0v) is 9.15. The third kappa shape index (κ3) is 1.64. The number of nitrogens with zero attached hydrogens (tertiary/aromatic N) is 2. The van der Waals surface area contributed by atoms with Gasteiger partial charge >= 0.3 is 0 Å². The fraction of sp³-hybridized carbons (Fsp3) is 0.500. The Bertz CT molecular complexity index is 500. The summed E-state index contributed by atoms with van der Waals surface area (Å²) in [4.78, 5) is 8.61. The Kier molecular flexibility index (Phi) is 2.27. The van der Waals surface area contributed by atoms with E-state index in [9.17, 15) is 0 Å². The minimum Gasteiger partial charge on any atom is -0.439 e. The molecule has 0 aromatic carbocycles. The summed E-state index contributed by atoms with van der Waals surface area (Å²) in [7, 11) is 0. The van der Waals surface area contributed by atoms with Crippen LogP contribution in [0.1, 0.15) is 43.9 Å². The summed E-state index contributed by atoms with van der Waals surface area (Å²) in [5, 5.41) is 0. The number of hydrogen-bond acceptors (Lipinski definition) is 4. The second kappa shape index (κ2) is 3.77. The molecular weight excluding hydrogens is 202 g/mol. The molecule has 1 aliphatic carbocycles. The Balaban J connectivity index is 1.97. The van der Waals surface area contributed by atoms with Gasteiger partial charge in [0, 0.05) is 12.0 Å². The highest BCUT2D eigenvalue weighted by molar-refractivity contribution is 5.71. The SMILES string of the molecule is Nc1cnc2nc(C3CCCCC3)oc2c1. The fourth-order valence-electron chi connectivity index (χ4n) is 2.38. The van der Waals surface area contributed by atoms with Gasteiger partial charge in [-0.05, 0) is 12.8 Å². The highest BCUT2D eigenvalue weighted by Gasteiger charge is 2.21. The molecule has 1 saturated carbocycles. The van der Waals surface area contributed by atoms with Crippen molar-refractivity contribution in [2.24, 2.45) is 0 Å². The van der Waals surface area contributed by atoms with Gasteiger partial charge in [0.1, 0.15) is 0 Å². The van der Waals surface area contributed by atoms with Crippen molar-refractivity contribution in [1.29, 1.82) is 0 Å². The van der Waals surface area contributed by atoms with Gasteiger partial charge in [-0.2, -0.15) is 4.98 Å². The number of aromatic nitrogens is 2. The number of nitrogen functional groups attached to an aromatic ring is 1. The topological polar surface area (TPSA) is 64.9 Å². The van der Waals surface area contributed by atoms with E-state index in [1.807, 2.05) is 0 Å². The first kappa shape index (κ1) is 9.63. The summed E-state index contributed by atoms with van der Waals surface area (Å²) in [5.74, 6) is 1.32. The maximum atomic E-state index is 5.73. The van der Waals surface area contributed by atoms with E-state index in [1.54, 1.807) is 12.3 Å². The molecule has 2 aromatic rings. The molecule has 3 rings (SSSR count). The van der Waals surface area contributed by atoms with Crippen molar-refractivity contribution in [3.05, 3.63) is 18.2 Å². The monoisotopic (exact) mass is 217 g/mol. The van der Waals surface area contributed by atoms with Crippen LogP contribution >= 0.6 is 0 Å². The van der Waals surface area contributed by atoms with E-state index in [0.29, 0.717) is 22.8 Å². The molecule has 0 amide bonds. The Labute approximate surface area is 93.9 Å². The van der Waals surface area contributed by atoms with Gasteiger partial charge in [0.2, 0.25) is 0 Å². The highest BCUT2D eigenvalue weighted by atomic mass is 16.3. The zero-order chi connectivity index (χ0) is 11.0. The first-order chi connectivity index (χ1) is 7.83. The largest absolute Gasteiger partial charge is 0.439 e. The zero-order valence-electron chi connectivity index (χ0n) is 9.15. The number of hydrogen-bond donors (Lipinski definition) is 1. The molecule has 0 aliphatic heterocycles. The minimum atomic E-state index is 0.476. The lowest BCUT2D eigenvalue weighted by Crippen LogP contribution is -2.04. The second-order valence-electron chi connectivity index (χ2n) is 4.48. The Morgan fingerprint density at radius 3 is 2.88 bits per heavy atom. The predicted molar refractivity (Wildman–Crippen MR) is 62.0 cm³/mol. The van der Waals surface area contributed by atoms with Crippen molar-refractivity contribution in [3.8, 4) is 0 Å². The maximum Gasteiger partial charge on any atom is 0.200 e. The van der Waals surface area contributed by atoms with Gasteiger partial charge in [-0.1, -0.05) is 19.3 Å². The van der Waals surface area contributed by atoms with Crippen molar-refractivity contribution in [1.82, 2.24) is 9.97 Å². The number of fused-ring (bicyclic) bond motifs is 1. The number of oxazole rings is 1. The number of anilines is 1. The highest BCUT2D eigenvalue weighted by Crippen LogP contribution is 2.33. The van der Waals surface area contributed by atoms with Crippen LogP contribution in [0, 0.1) is 0 Å². The summed E-state index contributed by atoms with van der Waals surface area (Å²) in [5.41, 5.74) is 7.67. The van der Waals surface area contributed by atoms with Crippen LogP contribution in [-0.4, -0.2) is 9.97 Å². The van der Waals surface area contributed by atoms with Crippen LogP contribution < -0.4 is 5.73 Å². The molecule has 0 bridgehead atoms. The van der Waals surface area contributed by atoms with E-state index in [1.165, 1.54) is 32.1 Å². The Morgan fingerprint density at radius 2 is 2.06 bits per heavy atom. The van der Waals surface area contributed by atoms with Gasteiger partial charge in [-0.3, -0.25) is 0 Å². The van der Waals surface area contributed by atoms with Gasteiger partial charge in [0.25, 0.3) is 0 Å². The van der Waals surface area contributed by atoms with E-state index in [2.05, 4.69) is 9.97 Å². The van der Waals surface area contributed by atoms with Gasteiger partial charge in [0.05, 0.1) is 11.9 Å². The van der Waals surface area contributed by atoms with E-state index in [4.69, 9.17) is 10.2 Å². The Hall–Kier alpha value is -1.58. The maximum absolute atomic E-state index is 5.73. The van der Waals surface area contributed by atoms with Crippen LogP contribution in [0.5, 0.6) is 0 Å². The summed E-state index contributed by atoms with van der Waals surface area (Å²) in [6.45, 7) is 0. The summed E-state index contributed by atoms with van der Waals surface area (Å²) >= 11 is 0. The predicted octanol–water partition coefficient (Wildman–Crippen LogP) is 2.85. The van der Waals surface area contributed by atoms with Crippen molar-refractivity contribution < 1.29 is 4.42 Å². The van der Waals surface area contributed by atoms with Gasteiger partial charge in [0.15, 0.2) is 17.1 Å². The molecule has 2 heterocycles. The molecule has 0 spiro atoms. The number of nitrogens with two attached hydrogens (primary N) is 1. The molecule has 84 valence electrons. The molecule has 1 fully saturated rings. The summed E-state index contributed by atoms with van der Waals surface area (Å²) in [6, 6.07) is 1.79. The van der Waals surface area contributed by atoms with Crippen molar-refractivity contribution >= 4 is 16.9 Å². The molecule has 2 N–H and O–H groups in total. The number of rotatable bonds is 1. The molecule has 0 unspecified atom stereocenters. The number of pyridine rings is 1. The van der Waals surface area contributed by atoms with E-state index >= 15 is 0 Å². The molecule has 0 radical (unpaired) electrons. The molecule has 0 atom stereocenters. The first-order valence-corrected chi connectivity index (χ1v) is 5.85. The van der Waals surface area contributed by atoms with Crippen molar-refractivity contribution in [3.63, 3.8) is 0 Å². The van der Waals surface area contributed by atoms with Crippen LogP contribution in [0.15, 0.2) is 16.7 Å². The first-order valence-electron chi connectivity index (χ1n) is 5.85. The van der Waals surface area contributed by atoms with Gasteiger partial charge < -0.3 is 10.2 Å². The lowest BCUT2D eigenvalue weighted by atomic mass is 9.89. The van der Waals surface area contributed by atoms with E-state index in [-0.39, 0.29) is 0 Å². The van der Waals surface area contributed by atoms with Crippen LogP contribution in [0.4, 0.5) is 5.69 Å². The molecule has 1 aliphatic rings. The summed E-state index contributed by atoms with van der Waals surface area (Å²) < 4.78 is 5.73. The van der Waals surface area contributed by atoms with Crippen LogP contribution in [-0.2, 0) is 0 Å². The third-order valence-corrected chi connectivity index (χ3v) is 3.24. The lowest BCUT2D eigenvalue weighted by molar-refractivity contribution is 0.373. The molecule has 16 heavy (non-hydrogen) atoms. The van der Waals surface area contributed by atoms with Crippen molar-refractivity contribution in [2.45, 2.75) is 38.0 Å². The molecule has 2 aromatic heterocycles. The average molecular weight is 217 g/mol. The summed E-state index contributed by atoms with van der Waals surface area (Å²) in [6.07, 6.45) is 7.87. The minimum absolute atomic E-state index is 0.476. The van der Waals surface area contributed by atoms with Crippen LogP contribution in [0.2, 0.25) is 0 Å². The second-order valence-corrected chi connectivity index (χ2v) is 4.48. The smallest absolute Gasteiger partial charge is 0.200 e. The Morgan fingerprint density at radius 1 is 1.25 bits per heavy atom. The third-order valence-electron chi connectivity index (χ3n) is 3.24. The fourth-order valence-corrected chi connectivity index (χ4v) is 2.38. The molecule has 0 saturated heterocycles. The van der Waals surface area contributed by atoms with Gasteiger partial charge in [-0.25, -0.2) is 4.98 Å². The standard InChI is InChI=1S/C12H15N3O/c13-9-6-10-11(14-7-9)15-12(16-10)8-4-2-1-3-5-8/h6-8H,1-5,13H2. The van der Waals surface area contributed by atoms with E-state index < -0.39 is 0 Å². The molecule has 4 nitrogen and oxygen atoms in total. The van der Waals surface area contributed by atoms with Crippen molar-refractivity contribution in [2.75, 3.05) is 5.73 Å². The lowest BCUT2D eigenvalue weighted by Gasteiger charge is -2.17. The molecular formula is C12H15N3O. The van der Waals surface area contributed by atoms with Gasteiger partial charge in [-0.15, -0.1) is 0 Å². The van der Waals surface area contributed by atoms with Crippen LogP contribution in [0.3, 0.4) is 0 Å². The quantitative estimate of drug-likeness (QED) is 0.797. The van der Waals surface area contributed by atoms with Crippen LogP contribution in [0.25, 0.3) is 11.2 Å². The van der Waals surface area contributed by atoms with E-state index in [0.717, 1.165) is 5.89 Å². The average Bonchev–Trinajstić information content (AvgIpc) is 2.73. The molecule has 4 heteroatoms.